The van der Waals surface area contributed by atoms with Crippen LogP contribution in [0.15, 0.2) is 78.9 Å². The third kappa shape index (κ3) is 3.73. The number of ether oxygens (including phenoxy) is 1. The van der Waals surface area contributed by atoms with Gasteiger partial charge in [0.15, 0.2) is 0 Å². The number of halogens is 3. The molecule has 0 unspecified atom stereocenters. The van der Waals surface area contributed by atoms with Crippen molar-refractivity contribution in [1.29, 1.82) is 0 Å². The number of amides is 1. The van der Waals surface area contributed by atoms with Crippen molar-refractivity contribution >= 4 is 11.7 Å². The summed E-state index contributed by atoms with van der Waals surface area (Å²) in [6.45, 7) is 1.65. The van der Waals surface area contributed by atoms with Gasteiger partial charge in [0.1, 0.15) is 17.3 Å². The molecule has 5 nitrogen and oxygen atoms in total. The van der Waals surface area contributed by atoms with Gasteiger partial charge in [-0.05, 0) is 31.2 Å². The lowest BCUT2D eigenvalue weighted by atomic mass is 9.87. The lowest BCUT2D eigenvalue weighted by Crippen LogP contribution is -2.26. The third-order valence-electron chi connectivity index (χ3n) is 5.46. The van der Waals surface area contributed by atoms with E-state index < -0.39 is 23.6 Å². The molecule has 0 spiro atoms. The van der Waals surface area contributed by atoms with Crippen molar-refractivity contribution in [3.63, 3.8) is 0 Å². The summed E-state index contributed by atoms with van der Waals surface area (Å²) < 4.78 is 47.9. The molecule has 2 heterocycles. The Hall–Kier alpha value is -4.07. The molecular formula is C25H18F3N3O2. The molecule has 3 aromatic carbocycles. The van der Waals surface area contributed by atoms with E-state index in [4.69, 9.17) is 4.74 Å². The second kappa shape index (κ2) is 7.81. The zero-order valence-electron chi connectivity index (χ0n) is 17.4. The number of carbonyl (C=O) groups excluding carboxylic acids is 1. The molecule has 0 aliphatic carbocycles. The first-order chi connectivity index (χ1) is 15.8. The van der Waals surface area contributed by atoms with E-state index in [1.54, 1.807) is 37.3 Å². The fourth-order valence-corrected chi connectivity index (χ4v) is 4.06. The van der Waals surface area contributed by atoms with Crippen molar-refractivity contribution in [2.45, 2.75) is 19.0 Å². The number of benzene rings is 3. The highest BCUT2D eigenvalue weighted by molar-refractivity contribution is 5.99. The molecule has 0 radical (unpaired) electrons. The number of nitrogens with one attached hydrogen (secondary N) is 1. The summed E-state index contributed by atoms with van der Waals surface area (Å²) in [7, 11) is 0. The zero-order chi connectivity index (χ0) is 23.2. The molecule has 8 heteroatoms. The van der Waals surface area contributed by atoms with Crippen LogP contribution in [-0.4, -0.2) is 15.7 Å². The Labute approximate surface area is 187 Å². The molecule has 1 aliphatic rings. The maximum atomic E-state index is 13.6. The lowest BCUT2D eigenvalue weighted by molar-refractivity contribution is -0.137. The Morgan fingerprint density at radius 1 is 0.939 bits per heavy atom. The largest absolute Gasteiger partial charge is 0.457 e. The standard InChI is InChI=1S/C25H18F3N3O2/c1-15-14-22(31(30-15)19-11-5-4-10-18(19)25(26,27)28)29-24(32)23-16-8-2-6-12-20(16)33-21-13-7-3-9-17(21)23/h2-14,23H,1H3,(H,29,32). The van der Waals surface area contributed by atoms with Gasteiger partial charge in [0.25, 0.3) is 0 Å². The number of aryl methyl sites for hydroxylation is 1. The fourth-order valence-electron chi connectivity index (χ4n) is 4.06. The van der Waals surface area contributed by atoms with Gasteiger partial charge in [-0.15, -0.1) is 0 Å². The van der Waals surface area contributed by atoms with Crippen LogP contribution in [0, 0.1) is 6.92 Å². The molecule has 0 saturated carbocycles. The maximum Gasteiger partial charge on any atom is 0.418 e. The van der Waals surface area contributed by atoms with Crippen molar-refractivity contribution in [3.8, 4) is 17.2 Å². The van der Waals surface area contributed by atoms with Crippen LogP contribution in [0.4, 0.5) is 19.0 Å². The van der Waals surface area contributed by atoms with E-state index in [2.05, 4.69) is 10.4 Å². The summed E-state index contributed by atoms with van der Waals surface area (Å²) >= 11 is 0. The summed E-state index contributed by atoms with van der Waals surface area (Å²) in [5.74, 6) is 0.166. The van der Waals surface area contributed by atoms with Crippen molar-refractivity contribution in [1.82, 2.24) is 9.78 Å². The van der Waals surface area contributed by atoms with Gasteiger partial charge in [-0.2, -0.15) is 18.3 Å². The number of aromatic nitrogens is 2. The smallest absolute Gasteiger partial charge is 0.418 e. The van der Waals surface area contributed by atoms with Crippen LogP contribution in [0.5, 0.6) is 11.5 Å². The van der Waals surface area contributed by atoms with E-state index in [1.807, 2.05) is 24.3 Å². The van der Waals surface area contributed by atoms with Crippen molar-refractivity contribution in [2.24, 2.45) is 0 Å². The minimum absolute atomic E-state index is 0.149. The topological polar surface area (TPSA) is 56.1 Å². The average molecular weight is 449 g/mol. The van der Waals surface area contributed by atoms with Crippen LogP contribution >= 0.6 is 0 Å². The van der Waals surface area contributed by atoms with Gasteiger partial charge in [-0.1, -0.05) is 48.5 Å². The van der Waals surface area contributed by atoms with Gasteiger partial charge >= 0.3 is 6.18 Å². The van der Waals surface area contributed by atoms with Crippen LogP contribution in [-0.2, 0) is 11.0 Å². The summed E-state index contributed by atoms with van der Waals surface area (Å²) in [6.07, 6.45) is -4.57. The third-order valence-corrected chi connectivity index (χ3v) is 5.46. The molecule has 0 saturated heterocycles. The SMILES string of the molecule is Cc1cc(NC(=O)C2c3ccccc3Oc3ccccc32)n(-c2ccccc2C(F)(F)F)n1. The molecule has 5 rings (SSSR count). The van der Waals surface area contributed by atoms with Gasteiger partial charge in [-0.3, -0.25) is 4.79 Å². The summed E-state index contributed by atoms with van der Waals surface area (Å²) in [6, 6.07) is 21.1. The van der Waals surface area contributed by atoms with Gasteiger partial charge in [0.05, 0.1) is 22.9 Å². The van der Waals surface area contributed by atoms with Crippen LogP contribution in [0.25, 0.3) is 5.69 Å². The molecule has 1 aromatic heterocycles. The van der Waals surface area contributed by atoms with Crippen LogP contribution in [0.3, 0.4) is 0 Å². The first-order valence-corrected chi connectivity index (χ1v) is 10.2. The van der Waals surface area contributed by atoms with Crippen molar-refractivity contribution < 1.29 is 22.7 Å². The molecule has 0 bridgehead atoms. The molecule has 1 amide bonds. The number of hydrogen-bond donors (Lipinski definition) is 1. The van der Waals surface area contributed by atoms with E-state index in [0.717, 1.165) is 10.7 Å². The maximum absolute atomic E-state index is 13.6. The zero-order valence-corrected chi connectivity index (χ0v) is 17.4. The molecule has 166 valence electrons. The quantitative estimate of drug-likeness (QED) is 0.413. The second-order valence-electron chi connectivity index (χ2n) is 7.70. The summed E-state index contributed by atoms with van der Waals surface area (Å²) in [5.41, 5.74) is 0.806. The van der Waals surface area contributed by atoms with Crippen molar-refractivity contribution in [2.75, 3.05) is 5.32 Å². The first kappa shape index (κ1) is 20.8. The lowest BCUT2D eigenvalue weighted by Gasteiger charge is -2.27. The van der Waals surface area contributed by atoms with E-state index in [1.165, 1.54) is 18.2 Å². The summed E-state index contributed by atoms with van der Waals surface area (Å²) in [5, 5.41) is 7.02. The molecule has 0 atom stereocenters. The Kier molecular flexibility index (Phi) is 4.92. The number of para-hydroxylation sites is 3. The normalized spacial score (nSPS) is 13.1. The monoisotopic (exact) mass is 449 g/mol. The Balaban J connectivity index is 1.57. The highest BCUT2D eigenvalue weighted by Crippen LogP contribution is 2.44. The van der Waals surface area contributed by atoms with Gasteiger partial charge in [-0.25, -0.2) is 4.68 Å². The number of hydrogen-bond acceptors (Lipinski definition) is 3. The highest BCUT2D eigenvalue weighted by Gasteiger charge is 2.36. The van der Waals surface area contributed by atoms with E-state index in [9.17, 15) is 18.0 Å². The van der Waals surface area contributed by atoms with Crippen LogP contribution < -0.4 is 10.1 Å². The molecule has 1 N–H and O–H groups in total. The molecule has 4 aromatic rings. The number of alkyl halides is 3. The average Bonchev–Trinajstić information content (AvgIpc) is 3.16. The number of nitrogens with zero attached hydrogens (tertiary/aromatic N) is 2. The van der Waals surface area contributed by atoms with Crippen molar-refractivity contribution in [3.05, 3.63) is 101 Å². The number of fused-ring (bicyclic) bond motifs is 2. The Bertz CT molecular complexity index is 1320. The van der Waals surface area contributed by atoms with Crippen LogP contribution in [0.2, 0.25) is 0 Å². The number of anilines is 1. The predicted molar refractivity (Wildman–Crippen MR) is 117 cm³/mol. The second-order valence-corrected chi connectivity index (χ2v) is 7.70. The molecule has 1 aliphatic heterocycles. The number of rotatable bonds is 3. The van der Waals surface area contributed by atoms with Gasteiger partial charge in [0, 0.05) is 17.2 Å². The van der Waals surface area contributed by atoms with Gasteiger partial charge in [0.2, 0.25) is 5.91 Å². The summed E-state index contributed by atoms with van der Waals surface area (Å²) in [4.78, 5) is 13.5. The van der Waals surface area contributed by atoms with Gasteiger partial charge < -0.3 is 10.1 Å². The predicted octanol–water partition coefficient (Wildman–Crippen LogP) is 6.08. The Morgan fingerprint density at radius 2 is 1.52 bits per heavy atom. The van der Waals surface area contributed by atoms with E-state index in [0.29, 0.717) is 28.3 Å². The molecule has 33 heavy (non-hydrogen) atoms. The molecule has 0 fully saturated rings. The van der Waals surface area contributed by atoms with Crippen LogP contribution in [0.1, 0.15) is 28.3 Å². The minimum Gasteiger partial charge on any atom is -0.457 e. The Morgan fingerprint density at radius 3 is 2.15 bits per heavy atom. The fraction of sp³-hybridized carbons (Fsp3) is 0.120. The number of carbonyl (C=O) groups is 1. The first-order valence-electron chi connectivity index (χ1n) is 10.2. The highest BCUT2D eigenvalue weighted by atomic mass is 19.4. The van der Waals surface area contributed by atoms with E-state index in [-0.39, 0.29) is 11.5 Å². The van der Waals surface area contributed by atoms with E-state index >= 15 is 0 Å². The molecular weight excluding hydrogens is 431 g/mol. The minimum atomic E-state index is -4.57.